The molecule has 2 heteroatoms. The van der Waals surface area contributed by atoms with Crippen LogP contribution in [-0.2, 0) is 16.1 Å². The Hall–Kier alpha value is -1.64. The van der Waals surface area contributed by atoms with Gasteiger partial charge in [-0.25, -0.2) is 0 Å². The molecule has 0 unspecified atom stereocenters. The van der Waals surface area contributed by atoms with Gasteiger partial charge in [0.1, 0.15) is 0 Å². The van der Waals surface area contributed by atoms with E-state index in [2.05, 4.69) is 43.3 Å². The summed E-state index contributed by atoms with van der Waals surface area (Å²) >= 11 is 0. The monoisotopic (exact) mass is 255 g/mol. The summed E-state index contributed by atoms with van der Waals surface area (Å²) in [6, 6.07) is 17.6. The van der Waals surface area contributed by atoms with Crippen molar-refractivity contribution in [1.82, 2.24) is 0 Å². The summed E-state index contributed by atoms with van der Waals surface area (Å²) in [7, 11) is 1.68. The lowest BCUT2D eigenvalue weighted by atomic mass is 10.00. The van der Waals surface area contributed by atoms with Crippen LogP contribution in [0, 0.1) is 13.0 Å². The van der Waals surface area contributed by atoms with Crippen molar-refractivity contribution in [2.45, 2.75) is 13.5 Å². The standard InChI is InChI=1S/C17H19O2/c1-14-5-3-4-6-17(14)16-9-7-15(8-10-16)13-19-12-11-18-2/h4-10H,11-13H2,1-2H3. The number of ether oxygens (including phenoxy) is 2. The van der Waals surface area contributed by atoms with E-state index in [0.29, 0.717) is 19.8 Å². The molecule has 0 spiro atoms. The molecule has 0 saturated carbocycles. The molecule has 0 bridgehead atoms. The fraction of sp³-hybridized carbons (Fsp3) is 0.294. The quantitative estimate of drug-likeness (QED) is 0.734. The molecule has 0 amide bonds. The van der Waals surface area contributed by atoms with Crippen LogP contribution in [0.3, 0.4) is 0 Å². The van der Waals surface area contributed by atoms with Crippen molar-refractivity contribution in [2.75, 3.05) is 20.3 Å². The zero-order valence-electron chi connectivity index (χ0n) is 11.5. The van der Waals surface area contributed by atoms with E-state index in [1.165, 1.54) is 22.3 Å². The molecule has 2 aromatic carbocycles. The van der Waals surface area contributed by atoms with Gasteiger partial charge in [0.25, 0.3) is 0 Å². The number of benzene rings is 2. The van der Waals surface area contributed by atoms with Crippen molar-refractivity contribution < 1.29 is 9.47 Å². The molecular formula is C17H19O2. The summed E-state index contributed by atoms with van der Waals surface area (Å²) in [5, 5.41) is 0. The predicted molar refractivity (Wildman–Crippen MR) is 77.0 cm³/mol. The smallest absolute Gasteiger partial charge is 0.0718 e. The molecule has 0 fully saturated rings. The zero-order valence-corrected chi connectivity index (χ0v) is 11.5. The molecule has 0 aliphatic heterocycles. The van der Waals surface area contributed by atoms with E-state index in [1.54, 1.807) is 7.11 Å². The molecule has 0 heterocycles. The number of rotatable bonds is 6. The highest BCUT2D eigenvalue weighted by atomic mass is 16.5. The van der Waals surface area contributed by atoms with E-state index in [4.69, 9.17) is 9.47 Å². The minimum Gasteiger partial charge on any atom is -0.382 e. The molecule has 2 nitrogen and oxygen atoms in total. The first-order valence-electron chi connectivity index (χ1n) is 6.44. The van der Waals surface area contributed by atoms with E-state index >= 15 is 0 Å². The van der Waals surface area contributed by atoms with Gasteiger partial charge in [-0.1, -0.05) is 42.5 Å². The van der Waals surface area contributed by atoms with E-state index in [9.17, 15) is 0 Å². The molecule has 1 radical (unpaired) electrons. The SMILES string of the molecule is COCCOCc1ccc(-c2cc[c]cc2C)cc1. The number of hydrogen-bond donors (Lipinski definition) is 0. The van der Waals surface area contributed by atoms with E-state index < -0.39 is 0 Å². The first-order valence-corrected chi connectivity index (χ1v) is 6.44. The second-order valence-corrected chi connectivity index (χ2v) is 4.48. The second kappa shape index (κ2) is 7.07. The summed E-state index contributed by atoms with van der Waals surface area (Å²) in [5.41, 5.74) is 4.91. The van der Waals surface area contributed by atoms with Gasteiger partial charge in [0, 0.05) is 7.11 Å². The van der Waals surface area contributed by atoms with Crippen LogP contribution in [0.1, 0.15) is 11.1 Å². The highest BCUT2D eigenvalue weighted by Crippen LogP contribution is 2.23. The minimum absolute atomic E-state index is 0.630. The van der Waals surface area contributed by atoms with Gasteiger partial charge >= 0.3 is 0 Å². The molecule has 19 heavy (non-hydrogen) atoms. The largest absolute Gasteiger partial charge is 0.382 e. The van der Waals surface area contributed by atoms with Crippen LogP contribution in [-0.4, -0.2) is 20.3 Å². The number of methoxy groups -OCH3 is 1. The number of aryl methyl sites for hydroxylation is 1. The van der Waals surface area contributed by atoms with Crippen molar-refractivity contribution in [1.29, 1.82) is 0 Å². The van der Waals surface area contributed by atoms with Crippen molar-refractivity contribution in [3.05, 3.63) is 59.7 Å². The Kier molecular flexibility index (Phi) is 5.13. The fourth-order valence-corrected chi connectivity index (χ4v) is 1.95. The summed E-state index contributed by atoms with van der Waals surface area (Å²) in [6.07, 6.45) is 0. The molecule has 0 aromatic heterocycles. The van der Waals surface area contributed by atoms with Crippen LogP contribution in [0.25, 0.3) is 11.1 Å². The first-order chi connectivity index (χ1) is 9.31. The molecular weight excluding hydrogens is 236 g/mol. The molecule has 0 aliphatic carbocycles. The van der Waals surface area contributed by atoms with Gasteiger partial charge in [0.15, 0.2) is 0 Å². The van der Waals surface area contributed by atoms with E-state index in [1.807, 2.05) is 12.1 Å². The van der Waals surface area contributed by atoms with Crippen LogP contribution in [0.2, 0.25) is 0 Å². The van der Waals surface area contributed by atoms with Gasteiger partial charge < -0.3 is 9.47 Å². The van der Waals surface area contributed by atoms with E-state index in [-0.39, 0.29) is 0 Å². The Bertz CT molecular complexity index is 503. The van der Waals surface area contributed by atoms with Gasteiger partial charge in [0.2, 0.25) is 0 Å². The third-order valence-electron chi connectivity index (χ3n) is 3.04. The maximum Gasteiger partial charge on any atom is 0.0718 e. The van der Waals surface area contributed by atoms with Crippen LogP contribution < -0.4 is 0 Å². The van der Waals surface area contributed by atoms with Gasteiger partial charge in [-0.2, -0.15) is 0 Å². The molecule has 2 rings (SSSR count). The minimum atomic E-state index is 0.630. The van der Waals surface area contributed by atoms with Crippen molar-refractivity contribution in [3.63, 3.8) is 0 Å². The maximum atomic E-state index is 5.50. The third-order valence-corrected chi connectivity index (χ3v) is 3.04. The molecule has 99 valence electrons. The lowest BCUT2D eigenvalue weighted by Crippen LogP contribution is -2.01. The van der Waals surface area contributed by atoms with Gasteiger partial charge in [-0.3, -0.25) is 0 Å². The maximum absolute atomic E-state index is 5.50. The summed E-state index contributed by atoms with van der Waals surface area (Å²) < 4.78 is 10.4. The Labute approximate surface area is 115 Å². The second-order valence-electron chi connectivity index (χ2n) is 4.48. The zero-order chi connectivity index (χ0) is 13.5. The van der Waals surface area contributed by atoms with Crippen LogP contribution in [0.5, 0.6) is 0 Å². The molecule has 0 saturated heterocycles. The molecule has 0 atom stereocenters. The topological polar surface area (TPSA) is 18.5 Å². The van der Waals surface area contributed by atoms with Gasteiger partial charge in [-0.05, 0) is 35.2 Å². The summed E-state index contributed by atoms with van der Waals surface area (Å²) in [4.78, 5) is 0. The van der Waals surface area contributed by atoms with E-state index in [0.717, 1.165) is 0 Å². The average Bonchev–Trinajstić information content (AvgIpc) is 2.45. The fourth-order valence-electron chi connectivity index (χ4n) is 1.95. The van der Waals surface area contributed by atoms with Gasteiger partial charge in [0.05, 0.1) is 19.8 Å². The molecule has 0 aliphatic rings. The lowest BCUT2D eigenvalue weighted by molar-refractivity contribution is 0.0617. The Morgan fingerprint density at radius 3 is 2.53 bits per heavy atom. The van der Waals surface area contributed by atoms with Crippen molar-refractivity contribution in [2.24, 2.45) is 0 Å². The normalized spacial score (nSPS) is 10.6. The first kappa shape index (κ1) is 13.8. The Balaban J connectivity index is 2.01. The van der Waals surface area contributed by atoms with Crippen LogP contribution >= 0.6 is 0 Å². The highest BCUT2D eigenvalue weighted by molar-refractivity contribution is 5.67. The number of hydrogen-bond acceptors (Lipinski definition) is 2. The third kappa shape index (κ3) is 3.91. The summed E-state index contributed by atoms with van der Waals surface area (Å²) in [6.45, 7) is 4.00. The van der Waals surface area contributed by atoms with Gasteiger partial charge in [-0.15, -0.1) is 0 Å². The summed E-state index contributed by atoms with van der Waals surface area (Å²) in [5.74, 6) is 0. The van der Waals surface area contributed by atoms with Crippen molar-refractivity contribution >= 4 is 0 Å². The predicted octanol–water partition coefficient (Wildman–Crippen LogP) is 3.63. The molecule has 2 aromatic rings. The highest BCUT2D eigenvalue weighted by Gasteiger charge is 2.01. The Morgan fingerprint density at radius 2 is 1.84 bits per heavy atom. The Morgan fingerprint density at radius 1 is 1.05 bits per heavy atom. The lowest BCUT2D eigenvalue weighted by Gasteiger charge is -2.07. The average molecular weight is 255 g/mol. The van der Waals surface area contributed by atoms with Crippen LogP contribution in [0.4, 0.5) is 0 Å². The van der Waals surface area contributed by atoms with Crippen molar-refractivity contribution in [3.8, 4) is 11.1 Å². The van der Waals surface area contributed by atoms with Crippen LogP contribution in [0.15, 0.2) is 42.5 Å². The molecule has 0 N–H and O–H groups in total.